The summed E-state index contributed by atoms with van der Waals surface area (Å²) in [5.41, 5.74) is 7.19. The zero-order chi connectivity index (χ0) is 21.3. The van der Waals surface area contributed by atoms with E-state index in [1.165, 1.54) is 0 Å². The molecule has 0 fully saturated rings. The lowest BCUT2D eigenvalue weighted by molar-refractivity contribution is -0.122. The molecule has 0 aromatic heterocycles. The molecule has 0 saturated heterocycles. The van der Waals surface area contributed by atoms with Crippen LogP contribution in [0.2, 0.25) is 0 Å². The smallest absolute Gasteiger partial charge is 0.269 e. The summed E-state index contributed by atoms with van der Waals surface area (Å²) in [5.74, 6) is -0.631. The molecule has 3 aromatic rings. The second kappa shape index (κ2) is 10.3. The van der Waals surface area contributed by atoms with Crippen LogP contribution in [0.5, 0.6) is 5.75 Å². The molecule has 2 amide bonds. The van der Waals surface area contributed by atoms with Gasteiger partial charge in [-0.3, -0.25) is 20.4 Å². The van der Waals surface area contributed by atoms with Gasteiger partial charge in [-0.25, -0.2) is 0 Å². The van der Waals surface area contributed by atoms with Crippen LogP contribution in [-0.4, -0.2) is 17.9 Å². The molecule has 0 spiro atoms. The van der Waals surface area contributed by atoms with Crippen molar-refractivity contribution < 1.29 is 14.3 Å². The quantitative estimate of drug-likeness (QED) is 0.574. The Bertz CT molecular complexity index is 934. The van der Waals surface area contributed by atoms with Crippen LogP contribution < -0.4 is 15.6 Å². The van der Waals surface area contributed by atoms with Crippen molar-refractivity contribution in [3.05, 3.63) is 102 Å². The summed E-state index contributed by atoms with van der Waals surface area (Å²) in [4.78, 5) is 25.6. The van der Waals surface area contributed by atoms with Gasteiger partial charge in [0.1, 0.15) is 5.75 Å². The SMILES string of the molecule is CCC(C)Oc1cccc(C(=O)NNC(=O)C(c2ccccc2)c2ccccc2)c1. The first kappa shape index (κ1) is 21.1. The van der Waals surface area contributed by atoms with Crippen molar-refractivity contribution in [1.82, 2.24) is 10.9 Å². The summed E-state index contributed by atoms with van der Waals surface area (Å²) in [6.45, 7) is 4.01. The molecule has 3 aromatic carbocycles. The Labute approximate surface area is 177 Å². The van der Waals surface area contributed by atoms with Crippen molar-refractivity contribution in [1.29, 1.82) is 0 Å². The number of benzene rings is 3. The van der Waals surface area contributed by atoms with Gasteiger partial charge in [-0.1, -0.05) is 73.7 Å². The third-order valence-electron chi connectivity index (χ3n) is 4.84. The Morgan fingerprint density at radius 1 is 0.833 bits per heavy atom. The van der Waals surface area contributed by atoms with Crippen LogP contribution in [0.25, 0.3) is 0 Å². The monoisotopic (exact) mass is 402 g/mol. The van der Waals surface area contributed by atoms with Crippen LogP contribution in [0.15, 0.2) is 84.9 Å². The maximum absolute atomic E-state index is 13.0. The van der Waals surface area contributed by atoms with Crippen molar-refractivity contribution in [2.45, 2.75) is 32.3 Å². The van der Waals surface area contributed by atoms with Gasteiger partial charge in [0, 0.05) is 5.56 Å². The van der Waals surface area contributed by atoms with E-state index < -0.39 is 11.8 Å². The molecule has 154 valence electrons. The average molecular weight is 402 g/mol. The van der Waals surface area contributed by atoms with Crippen molar-refractivity contribution in [3.63, 3.8) is 0 Å². The molecule has 2 N–H and O–H groups in total. The first-order chi connectivity index (χ1) is 14.6. The molecule has 5 heteroatoms. The van der Waals surface area contributed by atoms with Gasteiger partial charge < -0.3 is 4.74 Å². The number of carbonyl (C=O) groups is 2. The predicted molar refractivity (Wildman–Crippen MR) is 117 cm³/mol. The highest BCUT2D eigenvalue weighted by Gasteiger charge is 2.23. The fourth-order valence-electron chi connectivity index (χ4n) is 3.08. The van der Waals surface area contributed by atoms with E-state index in [1.54, 1.807) is 18.2 Å². The van der Waals surface area contributed by atoms with Crippen molar-refractivity contribution in [2.24, 2.45) is 0 Å². The molecule has 0 bridgehead atoms. The number of carbonyl (C=O) groups excluding carboxylic acids is 2. The molecule has 30 heavy (non-hydrogen) atoms. The summed E-state index contributed by atoms with van der Waals surface area (Å²) in [6, 6.07) is 25.9. The van der Waals surface area contributed by atoms with E-state index in [1.807, 2.05) is 80.6 Å². The van der Waals surface area contributed by atoms with Gasteiger partial charge >= 0.3 is 0 Å². The topological polar surface area (TPSA) is 67.4 Å². The lowest BCUT2D eigenvalue weighted by atomic mass is 9.91. The van der Waals surface area contributed by atoms with Gasteiger partial charge in [0.2, 0.25) is 5.91 Å². The minimum atomic E-state index is -0.534. The van der Waals surface area contributed by atoms with E-state index in [4.69, 9.17) is 4.74 Å². The molecular formula is C25H26N2O3. The highest BCUT2D eigenvalue weighted by atomic mass is 16.5. The van der Waals surface area contributed by atoms with E-state index in [2.05, 4.69) is 10.9 Å². The average Bonchev–Trinajstić information content (AvgIpc) is 2.79. The highest BCUT2D eigenvalue weighted by molar-refractivity contribution is 5.96. The Kier molecular flexibility index (Phi) is 7.22. The van der Waals surface area contributed by atoms with Crippen molar-refractivity contribution >= 4 is 11.8 Å². The van der Waals surface area contributed by atoms with Crippen LogP contribution in [0.4, 0.5) is 0 Å². The molecule has 0 aliphatic heterocycles. The maximum atomic E-state index is 13.0. The van der Waals surface area contributed by atoms with E-state index in [-0.39, 0.29) is 12.0 Å². The first-order valence-corrected chi connectivity index (χ1v) is 10.0. The van der Waals surface area contributed by atoms with Gasteiger partial charge in [0.25, 0.3) is 5.91 Å². The largest absolute Gasteiger partial charge is 0.491 e. The summed E-state index contributed by atoms with van der Waals surface area (Å²) in [7, 11) is 0. The number of nitrogens with one attached hydrogen (secondary N) is 2. The van der Waals surface area contributed by atoms with Gasteiger partial charge in [0.15, 0.2) is 0 Å². The fourth-order valence-corrected chi connectivity index (χ4v) is 3.08. The third-order valence-corrected chi connectivity index (χ3v) is 4.84. The van der Waals surface area contributed by atoms with Crippen molar-refractivity contribution in [3.8, 4) is 5.75 Å². The molecule has 1 atom stereocenters. The van der Waals surface area contributed by atoms with Crippen LogP contribution in [0, 0.1) is 0 Å². The van der Waals surface area contributed by atoms with Crippen molar-refractivity contribution in [2.75, 3.05) is 0 Å². The summed E-state index contributed by atoms with van der Waals surface area (Å²) in [5, 5.41) is 0. The standard InChI is InChI=1S/C25H26N2O3/c1-3-18(2)30-22-16-10-15-21(17-22)24(28)26-27-25(29)23(19-11-6-4-7-12-19)20-13-8-5-9-14-20/h4-18,23H,3H2,1-2H3,(H,26,28)(H,27,29). The van der Waals surface area contributed by atoms with Crippen LogP contribution >= 0.6 is 0 Å². The number of hydrogen-bond acceptors (Lipinski definition) is 3. The Balaban J connectivity index is 1.71. The molecular weight excluding hydrogens is 376 g/mol. The summed E-state index contributed by atoms with van der Waals surface area (Å²) < 4.78 is 5.77. The molecule has 3 rings (SSSR count). The predicted octanol–water partition coefficient (Wildman–Crippen LogP) is 4.46. The number of ether oxygens (including phenoxy) is 1. The summed E-state index contributed by atoms with van der Waals surface area (Å²) >= 11 is 0. The lowest BCUT2D eigenvalue weighted by Gasteiger charge is -2.18. The van der Waals surface area contributed by atoms with Gasteiger partial charge in [-0.15, -0.1) is 0 Å². The minimum Gasteiger partial charge on any atom is -0.491 e. The second-order valence-electron chi connectivity index (χ2n) is 7.06. The second-order valence-corrected chi connectivity index (χ2v) is 7.06. The number of hydrazine groups is 1. The molecule has 0 aliphatic rings. The van der Waals surface area contributed by atoms with E-state index >= 15 is 0 Å². The Morgan fingerprint density at radius 2 is 1.43 bits per heavy atom. The van der Waals surface area contributed by atoms with E-state index in [9.17, 15) is 9.59 Å². The highest BCUT2D eigenvalue weighted by Crippen LogP contribution is 2.24. The normalized spacial score (nSPS) is 11.6. The molecule has 0 heterocycles. The molecule has 0 aliphatic carbocycles. The Morgan fingerprint density at radius 3 is 2.00 bits per heavy atom. The molecule has 0 saturated carbocycles. The molecule has 0 radical (unpaired) electrons. The number of hydrogen-bond donors (Lipinski definition) is 2. The maximum Gasteiger partial charge on any atom is 0.269 e. The number of amides is 2. The van der Waals surface area contributed by atoms with Crippen LogP contribution in [0.3, 0.4) is 0 Å². The van der Waals surface area contributed by atoms with Crippen LogP contribution in [0.1, 0.15) is 47.7 Å². The zero-order valence-corrected chi connectivity index (χ0v) is 17.2. The molecule has 5 nitrogen and oxygen atoms in total. The van der Waals surface area contributed by atoms with Gasteiger partial charge in [0.05, 0.1) is 12.0 Å². The van der Waals surface area contributed by atoms with E-state index in [0.717, 1.165) is 17.5 Å². The third kappa shape index (κ3) is 5.47. The van der Waals surface area contributed by atoms with E-state index in [0.29, 0.717) is 11.3 Å². The van der Waals surface area contributed by atoms with Crippen LogP contribution in [-0.2, 0) is 4.79 Å². The number of rotatable bonds is 7. The minimum absolute atomic E-state index is 0.0560. The zero-order valence-electron chi connectivity index (χ0n) is 17.2. The Hall–Kier alpha value is -3.60. The molecule has 1 unspecified atom stereocenters. The van der Waals surface area contributed by atoms with Gasteiger partial charge in [-0.05, 0) is 42.7 Å². The summed E-state index contributed by atoms with van der Waals surface area (Å²) in [6.07, 6.45) is 0.924. The lowest BCUT2D eigenvalue weighted by Crippen LogP contribution is -2.44. The van der Waals surface area contributed by atoms with Gasteiger partial charge in [-0.2, -0.15) is 0 Å². The first-order valence-electron chi connectivity index (χ1n) is 10.0. The fraction of sp³-hybridized carbons (Fsp3) is 0.200.